The van der Waals surface area contributed by atoms with Crippen molar-refractivity contribution in [1.29, 1.82) is 0 Å². The first-order chi connectivity index (χ1) is 17.4. The van der Waals surface area contributed by atoms with Crippen molar-refractivity contribution in [3.63, 3.8) is 0 Å². The summed E-state index contributed by atoms with van der Waals surface area (Å²) in [7, 11) is -2.66. The fraction of sp³-hybridized carbons (Fsp3) is 0.387. The topological polar surface area (TPSA) is 38.8 Å². The number of benzene rings is 3. The molecular weight excluding hydrogens is 462 g/mol. The van der Waals surface area contributed by atoms with Crippen LogP contribution < -0.4 is 10.4 Å². The third-order valence-electron chi connectivity index (χ3n) is 8.00. The predicted molar refractivity (Wildman–Crippen MR) is 147 cm³/mol. The Morgan fingerprint density at radius 1 is 0.861 bits per heavy atom. The van der Waals surface area contributed by atoms with Crippen molar-refractivity contribution in [2.24, 2.45) is 11.8 Å². The van der Waals surface area contributed by atoms with Gasteiger partial charge in [0.1, 0.15) is 6.61 Å². The Hall–Kier alpha value is -2.89. The van der Waals surface area contributed by atoms with Crippen LogP contribution in [0, 0.1) is 11.8 Å². The molecule has 1 unspecified atom stereocenters. The van der Waals surface area contributed by atoms with E-state index >= 15 is 0 Å². The van der Waals surface area contributed by atoms with Crippen LogP contribution in [0.3, 0.4) is 0 Å². The molecule has 1 amide bonds. The van der Waals surface area contributed by atoms with Crippen LogP contribution >= 0.6 is 0 Å². The minimum Gasteiger partial charge on any atom is -0.445 e. The zero-order chi connectivity index (χ0) is 25.2. The summed E-state index contributed by atoms with van der Waals surface area (Å²) in [6, 6.07) is 31.4. The highest BCUT2D eigenvalue weighted by Crippen LogP contribution is 2.45. The van der Waals surface area contributed by atoms with Crippen molar-refractivity contribution in [2.75, 3.05) is 13.2 Å². The lowest BCUT2D eigenvalue weighted by atomic mass is 9.67. The Kier molecular flexibility index (Phi) is 7.04. The van der Waals surface area contributed by atoms with Crippen LogP contribution in [0.2, 0.25) is 5.04 Å². The van der Waals surface area contributed by atoms with Gasteiger partial charge in [-0.2, -0.15) is 0 Å². The number of carbonyl (C=O) groups excluding carboxylic acids is 1. The summed E-state index contributed by atoms with van der Waals surface area (Å²) in [5, 5.41) is 2.44. The van der Waals surface area contributed by atoms with E-state index in [0.717, 1.165) is 12.1 Å². The van der Waals surface area contributed by atoms with Crippen molar-refractivity contribution < 1.29 is 14.0 Å². The average molecular weight is 500 g/mol. The Balaban J connectivity index is 1.41. The number of hydrogen-bond acceptors (Lipinski definition) is 3. The van der Waals surface area contributed by atoms with Gasteiger partial charge in [0.15, 0.2) is 0 Å². The van der Waals surface area contributed by atoms with E-state index in [1.54, 1.807) is 0 Å². The Bertz CT molecular complexity index is 1100. The van der Waals surface area contributed by atoms with Crippen molar-refractivity contribution in [3.8, 4) is 0 Å². The fourth-order valence-electron chi connectivity index (χ4n) is 6.13. The van der Waals surface area contributed by atoms with Crippen molar-refractivity contribution >= 4 is 24.8 Å². The summed E-state index contributed by atoms with van der Waals surface area (Å²) in [4.78, 5) is 15.2. The molecule has 0 N–H and O–H groups in total. The highest BCUT2D eigenvalue weighted by atomic mass is 28.4. The summed E-state index contributed by atoms with van der Waals surface area (Å²) in [6.45, 7) is 8.49. The molecule has 2 bridgehead atoms. The maximum atomic E-state index is 13.3. The van der Waals surface area contributed by atoms with Gasteiger partial charge < -0.3 is 14.1 Å². The van der Waals surface area contributed by atoms with E-state index < -0.39 is 8.32 Å². The predicted octanol–water partition coefficient (Wildman–Crippen LogP) is 5.61. The van der Waals surface area contributed by atoms with Crippen molar-refractivity contribution in [2.45, 2.75) is 51.3 Å². The van der Waals surface area contributed by atoms with Crippen LogP contribution in [0.15, 0.2) is 91.0 Å². The van der Waals surface area contributed by atoms with Crippen LogP contribution in [0.25, 0.3) is 0 Å². The molecule has 5 heteroatoms. The monoisotopic (exact) mass is 499 g/mol. The number of hydrogen-bond donors (Lipinski definition) is 0. The number of fused-ring (bicyclic) bond motifs is 2. The number of piperidine rings is 2. The van der Waals surface area contributed by atoms with Crippen LogP contribution in [0.5, 0.6) is 0 Å². The zero-order valence-corrected chi connectivity index (χ0v) is 22.6. The lowest BCUT2D eigenvalue weighted by Crippen LogP contribution is -2.68. The molecule has 0 aromatic heterocycles. The van der Waals surface area contributed by atoms with Gasteiger partial charge in [-0.25, -0.2) is 4.79 Å². The number of rotatable bonds is 7. The first-order valence-corrected chi connectivity index (χ1v) is 15.0. The fourth-order valence-corrected chi connectivity index (χ4v) is 10.7. The molecule has 2 saturated heterocycles. The Morgan fingerprint density at radius 2 is 1.39 bits per heavy atom. The lowest BCUT2D eigenvalue weighted by molar-refractivity contribution is -0.0457. The Morgan fingerprint density at radius 3 is 1.92 bits per heavy atom. The van der Waals surface area contributed by atoms with Gasteiger partial charge in [0, 0.05) is 6.54 Å². The molecule has 2 heterocycles. The quantitative estimate of drug-likeness (QED) is 0.397. The molecule has 3 aromatic rings. The molecule has 1 aliphatic carbocycles. The molecule has 1 atom stereocenters. The molecule has 0 radical (unpaired) electrons. The highest BCUT2D eigenvalue weighted by Gasteiger charge is 2.53. The normalized spacial score (nSPS) is 21.5. The van der Waals surface area contributed by atoms with E-state index in [0.29, 0.717) is 25.0 Å². The van der Waals surface area contributed by atoms with Gasteiger partial charge in [0.05, 0.1) is 12.6 Å². The third-order valence-corrected chi connectivity index (χ3v) is 13.0. The number of ether oxygens (including phenoxy) is 1. The first kappa shape index (κ1) is 24.8. The molecule has 2 aliphatic heterocycles. The molecule has 6 rings (SSSR count). The van der Waals surface area contributed by atoms with Gasteiger partial charge >= 0.3 is 6.09 Å². The maximum absolute atomic E-state index is 13.3. The maximum Gasteiger partial charge on any atom is 0.410 e. The van der Waals surface area contributed by atoms with Crippen LogP contribution in [-0.4, -0.2) is 38.5 Å². The number of carbonyl (C=O) groups is 1. The smallest absolute Gasteiger partial charge is 0.410 e. The van der Waals surface area contributed by atoms with Gasteiger partial charge in [-0.3, -0.25) is 0 Å². The first-order valence-electron chi connectivity index (χ1n) is 13.1. The summed E-state index contributed by atoms with van der Waals surface area (Å²) < 4.78 is 13.0. The van der Waals surface area contributed by atoms with E-state index in [9.17, 15) is 4.79 Å². The molecule has 36 heavy (non-hydrogen) atoms. The van der Waals surface area contributed by atoms with Crippen LogP contribution in [0.4, 0.5) is 4.79 Å². The van der Waals surface area contributed by atoms with Crippen LogP contribution in [-0.2, 0) is 15.8 Å². The van der Waals surface area contributed by atoms with Gasteiger partial charge in [-0.1, -0.05) is 112 Å². The summed E-state index contributed by atoms with van der Waals surface area (Å²) in [6.07, 6.45) is 2.14. The second-order valence-corrected chi connectivity index (χ2v) is 15.6. The van der Waals surface area contributed by atoms with E-state index in [-0.39, 0.29) is 17.2 Å². The van der Waals surface area contributed by atoms with Gasteiger partial charge in [0.2, 0.25) is 0 Å². The molecular formula is C31H37NO3Si. The van der Waals surface area contributed by atoms with Crippen molar-refractivity contribution in [1.82, 2.24) is 4.90 Å². The number of nitrogens with zero attached hydrogens (tertiary/aromatic N) is 1. The molecule has 0 spiro atoms. The van der Waals surface area contributed by atoms with Gasteiger partial charge in [0.25, 0.3) is 8.32 Å². The molecule has 3 fully saturated rings. The summed E-state index contributed by atoms with van der Waals surface area (Å²) in [5.41, 5.74) is 1.01. The molecule has 1 saturated carbocycles. The minimum absolute atomic E-state index is 0.0416. The summed E-state index contributed by atoms with van der Waals surface area (Å²) >= 11 is 0. The van der Waals surface area contributed by atoms with Gasteiger partial charge in [-0.05, 0) is 45.7 Å². The molecule has 188 valence electrons. The molecule has 4 nitrogen and oxygen atoms in total. The molecule has 3 aromatic carbocycles. The van der Waals surface area contributed by atoms with E-state index in [2.05, 4.69) is 81.4 Å². The van der Waals surface area contributed by atoms with E-state index in [1.807, 2.05) is 35.2 Å². The highest BCUT2D eigenvalue weighted by molar-refractivity contribution is 6.99. The third kappa shape index (κ3) is 4.74. The standard InChI is InChI=1S/C31H37NO3Si/c1-31(2,3)36(27-15-9-5-10-16-27,28-17-11-6-12-18-28)35-23-29-26-19-25(20-26)21-32(29)30(33)34-22-24-13-7-4-8-14-24/h4-18,25-26,29H,19-23H2,1-3H3. The SMILES string of the molecule is CC(C)(C)[Si](OCC1C2CC(C2)CN1C(=O)OCc1ccccc1)(c1ccccc1)c1ccccc1. The lowest BCUT2D eigenvalue weighted by Gasteiger charge is -2.53. The Labute approximate surface area is 216 Å². The van der Waals surface area contributed by atoms with Crippen molar-refractivity contribution in [3.05, 3.63) is 96.6 Å². The van der Waals surface area contributed by atoms with E-state index in [1.165, 1.54) is 23.2 Å². The minimum atomic E-state index is -2.66. The zero-order valence-electron chi connectivity index (χ0n) is 21.6. The second-order valence-electron chi connectivity index (χ2n) is 11.3. The van der Waals surface area contributed by atoms with Crippen LogP contribution in [0.1, 0.15) is 39.2 Å². The summed E-state index contributed by atoms with van der Waals surface area (Å²) in [5.74, 6) is 1.06. The van der Waals surface area contributed by atoms with Gasteiger partial charge in [-0.15, -0.1) is 0 Å². The number of amides is 1. The molecule has 3 aliphatic rings. The average Bonchev–Trinajstić information content (AvgIpc) is 2.88. The largest absolute Gasteiger partial charge is 0.445 e. The second kappa shape index (κ2) is 10.2. The van der Waals surface area contributed by atoms with E-state index in [4.69, 9.17) is 9.16 Å².